The second-order valence-electron chi connectivity index (χ2n) is 3.13. The van der Waals surface area contributed by atoms with E-state index in [1.165, 1.54) is 6.08 Å². The van der Waals surface area contributed by atoms with E-state index in [4.69, 9.17) is 9.47 Å². The maximum absolute atomic E-state index is 10.1. The van der Waals surface area contributed by atoms with Gasteiger partial charge in [0, 0.05) is 5.56 Å². The van der Waals surface area contributed by atoms with Gasteiger partial charge in [-0.1, -0.05) is 0 Å². The average Bonchev–Trinajstić information content (AvgIpc) is 2.28. The number of benzene rings is 1. The molecule has 0 aliphatic carbocycles. The number of nitrogens with zero attached hydrogens (tertiary/aromatic N) is 1. The van der Waals surface area contributed by atoms with Crippen molar-refractivity contribution in [2.75, 3.05) is 14.2 Å². The highest BCUT2D eigenvalue weighted by molar-refractivity contribution is 9.10. The fourth-order valence-electron chi connectivity index (χ4n) is 1.46. The van der Waals surface area contributed by atoms with Crippen molar-refractivity contribution in [3.63, 3.8) is 0 Å². The minimum atomic E-state index is 0.212. The normalized spacial score (nSPS) is 9.50. The van der Waals surface area contributed by atoms with Crippen molar-refractivity contribution in [1.82, 2.24) is 0 Å². The summed E-state index contributed by atoms with van der Waals surface area (Å²) in [6.45, 7) is 2.13. The zero-order valence-corrected chi connectivity index (χ0v) is 10.9. The Morgan fingerprint density at radius 2 is 2.12 bits per heavy atom. The van der Waals surface area contributed by atoms with Crippen LogP contribution in [0.3, 0.4) is 0 Å². The topological polar surface area (TPSA) is 47.9 Å². The summed E-state index contributed by atoms with van der Waals surface area (Å²) in [5, 5.41) is 0. The summed E-state index contributed by atoms with van der Waals surface area (Å²) in [5.74, 6) is 1.39. The van der Waals surface area contributed by atoms with Gasteiger partial charge >= 0.3 is 0 Å². The predicted octanol–water partition coefficient (Wildman–Crippen LogP) is 2.61. The Bertz CT molecular complexity index is 439. The van der Waals surface area contributed by atoms with Gasteiger partial charge in [-0.2, -0.15) is 0 Å². The van der Waals surface area contributed by atoms with Crippen molar-refractivity contribution < 1.29 is 14.3 Å². The minimum absolute atomic E-state index is 0.212. The number of halogens is 1. The fraction of sp³-hybridized carbons (Fsp3) is 0.364. The first-order valence-corrected chi connectivity index (χ1v) is 5.38. The number of aliphatic imine (C=N–C) groups is 1. The van der Waals surface area contributed by atoms with Gasteiger partial charge in [0.2, 0.25) is 6.08 Å². The van der Waals surface area contributed by atoms with Gasteiger partial charge in [-0.05, 0) is 34.5 Å². The third-order valence-corrected chi connectivity index (χ3v) is 3.03. The lowest BCUT2D eigenvalue weighted by Gasteiger charge is -2.14. The molecule has 0 amide bonds. The number of hydrogen-bond acceptors (Lipinski definition) is 4. The molecule has 16 heavy (non-hydrogen) atoms. The maximum atomic E-state index is 10.1. The van der Waals surface area contributed by atoms with Crippen molar-refractivity contribution in [3.05, 3.63) is 21.7 Å². The SMILES string of the molecule is COc1cc(C)c(OC)c(Br)c1CN=C=O. The van der Waals surface area contributed by atoms with Gasteiger partial charge < -0.3 is 9.47 Å². The molecule has 4 nitrogen and oxygen atoms in total. The van der Waals surface area contributed by atoms with E-state index in [9.17, 15) is 4.79 Å². The van der Waals surface area contributed by atoms with Crippen LogP contribution in [0.1, 0.15) is 11.1 Å². The first-order valence-electron chi connectivity index (χ1n) is 4.59. The molecular weight excluding hydrogens is 274 g/mol. The van der Waals surface area contributed by atoms with Crippen LogP contribution in [0.15, 0.2) is 15.5 Å². The van der Waals surface area contributed by atoms with Crippen molar-refractivity contribution in [2.45, 2.75) is 13.5 Å². The van der Waals surface area contributed by atoms with E-state index < -0.39 is 0 Å². The van der Waals surface area contributed by atoms with Gasteiger partial charge in [0.25, 0.3) is 0 Å². The number of ether oxygens (including phenoxy) is 2. The molecule has 0 radical (unpaired) electrons. The lowest BCUT2D eigenvalue weighted by atomic mass is 10.1. The third-order valence-electron chi connectivity index (χ3n) is 2.19. The summed E-state index contributed by atoms with van der Waals surface area (Å²) in [4.78, 5) is 13.7. The number of isocyanates is 1. The maximum Gasteiger partial charge on any atom is 0.235 e. The molecule has 0 saturated heterocycles. The van der Waals surface area contributed by atoms with Crippen molar-refractivity contribution in [2.24, 2.45) is 4.99 Å². The fourth-order valence-corrected chi connectivity index (χ4v) is 2.25. The van der Waals surface area contributed by atoms with Gasteiger partial charge in [0.15, 0.2) is 0 Å². The van der Waals surface area contributed by atoms with Crippen LogP contribution >= 0.6 is 15.9 Å². The molecule has 0 bridgehead atoms. The molecule has 1 aromatic rings. The molecule has 0 aliphatic rings. The zero-order valence-electron chi connectivity index (χ0n) is 9.33. The summed E-state index contributed by atoms with van der Waals surface area (Å²) in [5.41, 5.74) is 1.72. The molecule has 0 aliphatic heterocycles. The van der Waals surface area contributed by atoms with Crippen LogP contribution in [0.2, 0.25) is 0 Å². The van der Waals surface area contributed by atoms with E-state index in [0.29, 0.717) is 5.75 Å². The van der Waals surface area contributed by atoms with E-state index in [-0.39, 0.29) is 6.54 Å². The largest absolute Gasteiger partial charge is 0.496 e. The Balaban J connectivity index is 3.36. The standard InChI is InChI=1S/C11H12BrNO3/c1-7-4-9(15-2)8(5-13-6-14)10(12)11(7)16-3/h4H,5H2,1-3H3. The average molecular weight is 286 g/mol. The first-order chi connectivity index (χ1) is 7.65. The van der Waals surface area contributed by atoms with Gasteiger partial charge in [0.05, 0.1) is 25.2 Å². The Morgan fingerprint density at radius 3 is 2.62 bits per heavy atom. The molecule has 0 saturated carbocycles. The van der Waals surface area contributed by atoms with Gasteiger partial charge in [-0.3, -0.25) is 0 Å². The van der Waals surface area contributed by atoms with E-state index in [0.717, 1.165) is 21.3 Å². The van der Waals surface area contributed by atoms with Gasteiger partial charge in [0.1, 0.15) is 11.5 Å². The van der Waals surface area contributed by atoms with Crippen LogP contribution in [0.4, 0.5) is 0 Å². The minimum Gasteiger partial charge on any atom is -0.496 e. The van der Waals surface area contributed by atoms with Crippen LogP contribution in [-0.4, -0.2) is 20.3 Å². The second kappa shape index (κ2) is 5.68. The van der Waals surface area contributed by atoms with Crippen molar-refractivity contribution >= 4 is 22.0 Å². The molecule has 86 valence electrons. The highest BCUT2D eigenvalue weighted by Gasteiger charge is 2.15. The molecule has 1 rings (SSSR count). The summed E-state index contributed by atoms with van der Waals surface area (Å²) >= 11 is 3.42. The Morgan fingerprint density at radius 1 is 1.44 bits per heavy atom. The summed E-state index contributed by atoms with van der Waals surface area (Å²) in [6.07, 6.45) is 1.50. The highest BCUT2D eigenvalue weighted by atomic mass is 79.9. The first kappa shape index (κ1) is 12.7. The van der Waals surface area contributed by atoms with Crippen molar-refractivity contribution in [3.8, 4) is 11.5 Å². The van der Waals surface area contributed by atoms with Crippen LogP contribution in [0.5, 0.6) is 11.5 Å². The van der Waals surface area contributed by atoms with Crippen LogP contribution < -0.4 is 9.47 Å². The smallest absolute Gasteiger partial charge is 0.235 e. The Hall–Kier alpha value is -1.32. The van der Waals surface area contributed by atoms with E-state index in [2.05, 4.69) is 20.9 Å². The monoisotopic (exact) mass is 285 g/mol. The van der Waals surface area contributed by atoms with E-state index in [1.54, 1.807) is 14.2 Å². The van der Waals surface area contributed by atoms with Crippen LogP contribution in [0, 0.1) is 6.92 Å². The molecule has 0 unspecified atom stereocenters. The number of hydrogen-bond donors (Lipinski definition) is 0. The number of aryl methyl sites for hydroxylation is 1. The number of carbonyl (C=O) groups excluding carboxylic acids is 1. The Labute approximate surface area is 102 Å². The zero-order chi connectivity index (χ0) is 12.1. The molecule has 0 heterocycles. The van der Waals surface area contributed by atoms with E-state index in [1.807, 2.05) is 13.0 Å². The van der Waals surface area contributed by atoms with Gasteiger partial charge in [-0.25, -0.2) is 9.79 Å². The number of rotatable bonds is 4. The summed E-state index contributed by atoms with van der Waals surface area (Å²) < 4.78 is 11.2. The molecule has 0 spiro atoms. The predicted molar refractivity (Wildman–Crippen MR) is 63.8 cm³/mol. The molecule has 0 fully saturated rings. The van der Waals surface area contributed by atoms with Crippen molar-refractivity contribution in [1.29, 1.82) is 0 Å². The molecule has 5 heteroatoms. The summed E-state index contributed by atoms with van der Waals surface area (Å²) in [6, 6.07) is 1.85. The lowest BCUT2D eigenvalue weighted by molar-refractivity contribution is 0.394. The molecule has 0 atom stereocenters. The quantitative estimate of drug-likeness (QED) is 0.631. The lowest BCUT2D eigenvalue weighted by Crippen LogP contribution is -1.97. The number of methoxy groups -OCH3 is 2. The van der Waals surface area contributed by atoms with Crippen LogP contribution in [-0.2, 0) is 11.3 Å². The molecule has 0 aromatic heterocycles. The van der Waals surface area contributed by atoms with E-state index >= 15 is 0 Å². The Kier molecular flexibility index (Phi) is 4.52. The van der Waals surface area contributed by atoms with Gasteiger partial charge in [-0.15, -0.1) is 0 Å². The molecule has 1 aromatic carbocycles. The summed E-state index contributed by atoms with van der Waals surface area (Å²) in [7, 11) is 3.16. The third kappa shape index (κ3) is 2.43. The highest BCUT2D eigenvalue weighted by Crippen LogP contribution is 2.38. The molecular formula is C11H12BrNO3. The second-order valence-corrected chi connectivity index (χ2v) is 3.92. The molecule has 0 N–H and O–H groups in total. The van der Waals surface area contributed by atoms with Crippen LogP contribution in [0.25, 0.3) is 0 Å².